The Labute approximate surface area is 460 Å². The summed E-state index contributed by atoms with van der Waals surface area (Å²) in [6.45, 7) is 8.45. The molecule has 0 saturated heterocycles. The average Bonchev–Trinajstić information content (AvgIpc) is 3.39. The van der Waals surface area contributed by atoms with Gasteiger partial charge in [-0.15, -0.1) is 0 Å². The van der Waals surface area contributed by atoms with Gasteiger partial charge in [-0.05, 0) is 86.1 Å². The van der Waals surface area contributed by atoms with Gasteiger partial charge in [-0.2, -0.15) is 0 Å². The fraction of sp³-hybridized carbons (Fsp3) is 0.566. The van der Waals surface area contributed by atoms with Gasteiger partial charge in [0.2, 0.25) is 59.1 Å². The number of aliphatic hydroxyl groups excluding tert-OH is 1. The normalized spacial score (nSPS) is 14.2. The summed E-state index contributed by atoms with van der Waals surface area (Å²) in [6.07, 6.45) is 0.178. The van der Waals surface area contributed by atoms with E-state index in [2.05, 4.69) is 47.9 Å². The van der Waals surface area contributed by atoms with E-state index in [0.717, 1.165) is 0 Å². The van der Waals surface area contributed by atoms with Gasteiger partial charge in [0.15, 0.2) is 0 Å². The number of primary amides is 1. The van der Waals surface area contributed by atoms with Crippen LogP contribution in [0.1, 0.15) is 97.6 Å². The van der Waals surface area contributed by atoms with Crippen LogP contribution < -0.4 is 65.1 Å². The van der Waals surface area contributed by atoms with E-state index in [0.29, 0.717) is 30.5 Å². The maximum Gasteiger partial charge on any atom is 0.326 e. The summed E-state index contributed by atoms with van der Waals surface area (Å²) in [6, 6.07) is 3.73. The molecule has 0 saturated carbocycles. The number of hydrogen-bond donors (Lipinski definition) is 15. The van der Waals surface area contributed by atoms with E-state index in [9.17, 15) is 68.1 Å². The molecule has 0 unspecified atom stereocenters. The Bertz CT molecular complexity index is 2360. The fourth-order valence-corrected chi connectivity index (χ4v) is 7.77. The number of carboxylic acids is 1. The Balaban J connectivity index is 2.27. The van der Waals surface area contributed by atoms with Gasteiger partial charge >= 0.3 is 5.97 Å². The second-order valence-electron chi connectivity index (χ2n) is 20.4. The number of rotatable bonds is 36. The molecule has 26 nitrogen and oxygen atoms in total. The summed E-state index contributed by atoms with van der Waals surface area (Å²) in [5.41, 5.74) is 18.0. The topological polar surface area (TPSA) is 435 Å². The highest BCUT2D eigenvalue weighted by Gasteiger charge is 2.34. The lowest BCUT2D eigenvalue weighted by Crippen LogP contribution is -2.60. The number of carbonyl (C=O) groups is 11. The van der Waals surface area contributed by atoms with E-state index in [1.807, 2.05) is 0 Å². The SMILES string of the molecule is CC(C)C[C@H](NC(=O)[C@H](Cc1ccc(O)cc1)NC(=O)[C@@H](N)C(C)C)C(=O)NCC(=O)N[C@@H](Cc1ccccc1)C(=O)N[C@@H](CO)C(=O)N[C@@H](CC(C)C)C(=O)N[C@@H](CCC(N)=O)C(=O)NCC(=O)N[C@@H](CCCCN)C(=O)O. The quantitative estimate of drug-likeness (QED) is 0.0310. The van der Waals surface area contributed by atoms with Gasteiger partial charge in [0.1, 0.15) is 48.0 Å². The number of nitrogens with two attached hydrogens (primary N) is 3. The predicted molar refractivity (Wildman–Crippen MR) is 289 cm³/mol. The predicted octanol–water partition coefficient (Wildman–Crippen LogP) is -2.65. The summed E-state index contributed by atoms with van der Waals surface area (Å²) in [4.78, 5) is 145. The van der Waals surface area contributed by atoms with Crippen LogP contribution in [0.3, 0.4) is 0 Å². The van der Waals surface area contributed by atoms with Gasteiger partial charge in [-0.25, -0.2) is 4.79 Å². The summed E-state index contributed by atoms with van der Waals surface area (Å²) >= 11 is 0. The van der Waals surface area contributed by atoms with Crippen molar-refractivity contribution < 1.29 is 68.1 Å². The lowest BCUT2D eigenvalue weighted by atomic mass is 10.00. The van der Waals surface area contributed by atoms with Crippen molar-refractivity contribution in [2.75, 3.05) is 26.2 Å². The number of amides is 10. The number of phenolic OH excluding ortho intramolecular Hbond substituents is 1. The Kier molecular flexibility index (Phi) is 29.8. The lowest BCUT2D eigenvalue weighted by molar-refractivity contribution is -0.142. The number of carbonyl (C=O) groups excluding carboxylic acids is 10. The highest BCUT2D eigenvalue weighted by molar-refractivity contribution is 5.98. The summed E-state index contributed by atoms with van der Waals surface area (Å²) < 4.78 is 0. The molecule has 0 fully saturated rings. The van der Waals surface area contributed by atoms with Crippen molar-refractivity contribution in [1.29, 1.82) is 0 Å². The van der Waals surface area contributed by atoms with Crippen LogP contribution >= 0.6 is 0 Å². The molecule has 0 aliphatic rings. The zero-order valence-corrected chi connectivity index (χ0v) is 45.8. The molecule has 2 aromatic rings. The van der Waals surface area contributed by atoms with Gasteiger partial charge in [0, 0.05) is 19.3 Å². The van der Waals surface area contributed by atoms with Crippen LogP contribution in [0.5, 0.6) is 5.75 Å². The minimum absolute atomic E-state index is 0.0145. The molecule has 0 aliphatic heterocycles. The van der Waals surface area contributed by atoms with Crippen molar-refractivity contribution in [3.8, 4) is 5.75 Å². The molecule has 0 aliphatic carbocycles. The van der Waals surface area contributed by atoms with Crippen LogP contribution in [-0.2, 0) is 65.6 Å². The van der Waals surface area contributed by atoms with Crippen LogP contribution in [-0.4, -0.2) is 155 Å². The number of phenols is 1. The zero-order chi connectivity index (χ0) is 59.4. The van der Waals surface area contributed by atoms with E-state index in [-0.39, 0.29) is 62.0 Å². The lowest BCUT2D eigenvalue weighted by Gasteiger charge is -2.27. The number of hydrogen-bond acceptors (Lipinski definition) is 15. The van der Waals surface area contributed by atoms with Gasteiger partial charge < -0.3 is 80.4 Å². The number of benzene rings is 2. The molecule has 0 aromatic heterocycles. The molecule has 0 spiro atoms. The Hall–Kier alpha value is -7.71. The minimum atomic E-state index is -1.72. The molecule has 0 heterocycles. The number of carboxylic acid groups (broad SMARTS) is 1. The minimum Gasteiger partial charge on any atom is -0.508 e. The molecule has 8 atom stereocenters. The number of aromatic hydroxyl groups is 1. The van der Waals surface area contributed by atoms with Gasteiger partial charge in [0.25, 0.3) is 0 Å². The summed E-state index contributed by atoms with van der Waals surface area (Å²) in [5.74, 6) is -10.5. The second-order valence-corrected chi connectivity index (χ2v) is 20.4. The molecule has 0 bridgehead atoms. The summed E-state index contributed by atoms with van der Waals surface area (Å²) in [7, 11) is 0. The largest absolute Gasteiger partial charge is 0.508 e. The molecule has 2 rings (SSSR count). The first-order chi connectivity index (χ1) is 37.2. The van der Waals surface area contributed by atoms with E-state index in [1.54, 1.807) is 84.0 Å². The van der Waals surface area contributed by atoms with Crippen molar-refractivity contribution in [1.82, 2.24) is 47.9 Å². The maximum atomic E-state index is 14.0. The first-order valence-corrected chi connectivity index (χ1v) is 26.3. The number of nitrogens with one attached hydrogen (secondary N) is 9. The van der Waals surface area contributed by atoms with E-state index >= 15 is 0 Å². The van der Waals surface area contributed by atoms with Crippen LogP contribution in [0.2, 0.25) is 0 Å². The van der Waals surface area contributed by atoms with Gasteiger partial charge in [-0.3, -0.25) is 47.9 Å². The molecular formula is C53H82N12O14. The van der Waals surface area contributed by atoms with Crippen LogP contribution in [0.4, 0.5) is 0 Å². The van der Waals surface area contributed by atoms with E-state index in [4.69, 9.17) is 17.2 Å². The van der Waals surface area contributed by atoms with Crippen molar-refractivity contribution in [3.05, 3.63) is 65.7 Å². The molecule has 79 heavy (non-hydrogen) atoms. The third kappa shape index (κ3) is 26.0. The van der Waals surface area contributed by atoms with E-state index in [1.165, 1.54) is 12.1 Å². The van der Waals surface area contributed by atoms with Crippen LogP contribution in [0, 0.1) is 17.8 Å². The number of unbranched alkanes of at least 4 members (excludes halogenated alkanes) is 1. The Morgan fingerprint density at radius 3 is 1.42 bits per heavy atom. The average molecular weight is 1110 g/mol. The highest BCUT2D eigenvalue weighted by atomic mass is 16.4. The molecule has 0 radical (unpaired) electrons. The third-order valence-electron chi connectivity index (χ3n) is 12.2. The van der Waals surface area contributed by atoms with Crippen molar-refractivity contribution in [3.63, 3.8) is 0 Å². The van der Waals surface area contributed by atoms with Crippen molar-refractivity contribution in [2.45, 2.75) is 148 Å². The van der Waals surface area contributed by atoms with Crippen LogP contribution in [0.25, 0.3) is 0 Å². The second kappa shape index (κ2) is 34.9. The monoisotopic (exact) mass is 1110 g/mol. The van der Waals surface area contributed by atoms with Crippen molar-refractivity contribution in [2.24, 2.45) is 35.0 Å². The maximum absolute atomic E-state index is 14.0. The zero-order valence-electron chi connectivity index (χ0n) is 45.8. The Morgan fingerprint density at radius 2 is 0.937 bits per heavy atom. The number of aliphatic carboxylic acids is 1. The molecule has 10 amide bonds. The third-order valence-corrected chi connectivity index (χ3v) is 12.2. The number of aliphatic hydroxyl groups is 1. The van der Waals surface area contributed by atoms with E-state index < -0.39 is 139 Å². The molecule has 2 aromatic carbocycles. The fourth-order valence-electron chi connectivity index (χ4n) is 7.77. The summed E-state index contributed by atoms with van der Waals surface area (Å²) in [5, 5.41) is 52.0. The van der Waals surface area contributed by atoms with Crippen LogP contribution in [0.15, 0.2) is 54.6 Å². The molecular weight excluding hydrogens is 1030 g/mol. The van der Waals surface area contributed by atoms with Gasteiger partial charge in [-0.1, -0.05) is 84.0 Å². The van der Waals surface area contributed by atoms with Crippen molar-refractivity contribution >= 4 is 65.0 Å². The first-order valence-electron chi connectivity index (χ1n) is 26.3. The molecule has 438 valence electrons. The van der Waals surface area contributed by atoms with Gasteiger partial charge in [0.05, 0.1) is 25.7 Å². The molecule has 26 heteroatoms. The Morgan fingerprint density at radius 1 is 0.506 bits per heavy atom. The first kappa shape index (κ1) is 67.4. The standard InChI is InChI=1S/C53H82N12O14/c1-29(2)22-37(62-50(75)40(64-52(77)45(56)31(5)6)25-33-15-17-34(67)18-16-33)47(72)58-27-44(70)60-39(24-32-12-8-7-9-13-32)49(74)65-41(28-66)51(76)63-38(23-30(3)4)48(73)61-35(19-20-42(55)68)46(71)57-26-43(69)59-36(53(78)79)14-10-11-21-54/h7-9,12-13,15-18,29-31,35-41,45,66-67H,10-11,14,19-28,54,56H2,1-6H3,(H2,55,68)(H,57,71)(H,58,72)(H,59,69)(H,60,70)(H,61,73)(H,62,75)(H,63,76)(H,64,77)(H,65,74)(H,78,79)/t35-,36-,37-,38-,39-,40-,41-,45-/m0/s1. The smallest absolute Gasteiger partial charge is 0.326 e. The molecule has 18 N–H and O–H groups in total. The highest BCUT2D eigenvalue weighted by Crippen LogP contribution is 2.14.